The van der Waals surface area contributed by atoms with Crippen molar-refractivity contribution in [2.75, 3.05) is 0 Å². The number of nitrogens with zero attached hydrogens (tertiary/aromatic N) is 2. The average molecular weight is 540 g/mol. The van der Waals surface area contributed by atoms with Crippen molar-refractivity contribution in [3.8, 4) is 33.6 Å². The average Bonchev–Trinajstić information content (AvgIpc) is 3.67. The molecule has 0 aliphatic carbocycles. The monoisotopic (exact) mass is 540 g/mol. The summed E-state index contributed by atoms with van der Waals surface area (Å²) in [5, 5.41) is 0. The topological polar surface area (TPSA) is 9.86 Å². The molecule has 0 N–H and O–H groups in total. The second-order valence-corrected chi connectivity index (χ2v) is 8.15. The van der Waals surface area contributed by atoms with Crippen LogP contribution in [-0.2, 0) is 17.1 Å². The molecule has 37 heavy (non-hydrogen) atoms. The Morgan fingerprint density at radius 1 is 0.514 bits per heavy atom. The molecule has 0 aliphatic heterocycles. The third kappa shape index (κ3) is 5.85. The summed E-state index contributed by atoms with van der Waals surface area (Å²) >= 11 is 0. The van der Waals surface area contributed by atoms with E-state index in [1.807, 2.05) is 73.1 Å². The largest absolute Gasteiger partial charge is 2.00 e. The minimum absolute atomic E-state index is 0. The van der Waals surface area contributed by atoms with E-state index >= 15 is 0 Å². The Hall–Kier alpha value is -4.06. The molecule has 2 heterocycles. The Labute approximate surface area is 222 Å². The molecule has 4 aromatic carbocycles. The van der Waals surface area contributed by atoms with Gasteiger partial charge in [-0.1, -0.05) is 22.3 Å². The third-order valence-corrected chi connectivity index (χ3v) is 5.75. The van der Waals surface area contributed by atoms with Crippen molar-refractivity contribution >= 4 is 0 Å². The summed E-state index contributed by atoms with van der Waals surface area (Å²) in [7, 11) is 0. The molecular formula is C30H20F4FeN2. The molecule has 0 atom stereocenters. The summed E-state index contributed by atoms with van der Waals surface area (Å²) in [6.45, 7) is 0. The van der Waals surface area contributed by atoms with Gasteiger partial charge in [0, 0.05) is 12.1 Å². The van der Waals surface area contributed by atoms with E-state index in [4.69, 9.17) is 0 Å². The maximum atomic E-state index is 13.6. The molecule has 0 saturated carbocycles. The molecule has 0 unspecified atom stereocenters. The SMILES string of the molecule is Fc1ccc(-n2ccc(-[c-]3cccc3)c2)c(F)c1.Fc1ccc(-n2ccc(-[c-]3cccc3)c2)c(F)c1.[Fe+2]. The molecule has 0 spiro atoms. The van der Waals surface area contributed by atoms with E-state index in [9.17, 15) is 17.6 Å². The number of hydrogen-bond donors (Lipinski definition) is 0. The van der Waals surface area contributed by atoms with Gasteiger partial charge in [0.25, 0.3) is 0 Å². The van der Waals surface area contributed by atoms with E-state index in [2.05, 4.69) is 0 Å². The first-order chi connectivity index (χ1) is 17.5. The minimum Gasteiger partial charge on any atom is -0.360 e. The Morgan fingerprint density at radius 2 is 0.892 bits per heavy atom. The predicted octanol–water partition coefficient (Wildman–Crippen LogP) is 8.28. The first-order valence-corrected chi connectivity index (χ1v) is 11.2. The molecular weight excluding hydrogens is 520 g/mol. The van der Waals surface area contributed by atoms with Crippen LogP contribution in [0.5, 0.6) is 0 Å². The Bertz CT molecular complexity index is 1460. The molecule has 0 saturated heterocycles. The Kier molecular flexibility index (Phi) is 7.97. The summed E-state index contributed by atoms with van der Waals surface area (Å²) < 4.78 is 56.2. The van der Waals surface area contributed by atoms with Gasteiger partial charge in [0.15, 0.2) is 0 Å². The van der Waals surface area contributed by atoms with Gasteiger partial charge in [-0.3, -0.25) is 0 Å². The second kappa shape index (κ2) is 11.3. The Morgan fingerprint density at radius 3 is 1.24 bits per heavy atom. The number of aromatic nitrogens is 2. The van der Waals surface area contributed by atoms with Crippen molar-refractivity contribution < 1.29 is 34.6 Å². The van der Waals surface area contributed by atoms with Crippen LogP contribution in [0, 0.1) is 23.3 Å². The van der Waals surface area contributed by atoms with Gasteiger partial charge >= 0.3 is 17.1 Å². The summed E-state index contributed by atoms with van der Waals surface area (Å²) in [6.07, 6.45) is 7.18. The van der Waals surface area contributed by atoms with Crippen LogP contribution in [0.25, 0.3) is 33.6 Å². The van der Waals surface area contributed by atoms with E-state index in [1.54, 1.807) is 21.5 Å². The van der Waals surface area contributed by atoms with Gasteiger partial charge in [-0.05, 0) is 49.1 Å². The summed E-state index contributed by atoms with van der Waals surface area (Å²) in [5.74, 6) is -2.28. The van der Waals surface area contributed by atoms with E-state index < -0.39 is 23.3 Å². The van der Waals surface area contributed by atoms with Crippen LogP contribution in [0.15, 0.2) is 122 Å². The van der Waals surface area contributed by atoms with Gasteiger partial charge in [-0.25, -0.2) is 17.6 Å². The van der Waals surface area contributed by atoms with Gasteiger partial charge in [0.1, 0.15) is 23.3 Å². The van der Waals surface area contributed by atoms with Gasteiger partial charge in [0.05, 0.1) is 11.4 Å². The quantitative estimate of drug-likeness (QED) is 0.121. The predicted molar refractivity (Wildman–Crippen MR) is 133 cm³/mol. The van der Waals surface area contributed by atoms with Crippen molar-refractivity contribution in [2.24, 2.45) is 0 Å². The van der Waals surface area contributed by atoms with Crippen molar-refractivity contribution in [1.82, 2.24) is 9.13 Å². The normalized spacial score (nSPS) is 10.5. The van der Waals surface area contributed by atoms with E-state index in [0.29, 0.717) is 11.4 Å². The number of hydrogen-bond acceptors (Lipinski definition) is 0. The number of rotatable bonds is 4. The molecule has 6 rings (SSSR count). The fourth-order valence-corrected chi connectivity index (χ4v) is 3.95. The van der Waals surface area contributed by atoms with Crippen LogP contribution in [0.4, 0.5) is 17.6 Å². The van der Waals surface area contributed by atoms with E-state index in [0.717, 1.165) is 34.4 Å². The maximum Gasteiger partial charge on any atom is 2.00 e. The molecule has 6 aromatic rings. The van der Waals surface area contributed by atoms with Crippen LogP contribution in [-0.4, -0.2) is 9.13 Å². The molecule has 0 fully saturated rings. The zero-order valence-corrected chi connectivity index (χ0v) is 20.4. The van der Waals surface area contributed by atoms with Crippen molar-refractivity contribution in [3.63, 3.8) is 0 Å². The van der Waals surface area contributed by atoms with Gasteiger partial charge in [-0.2, -0.15) is 24.3 Å². The van der Waals surface area contributed by atoms with Crippen molar-refractivity contribution in [1.29, 1.82) is 0 Å². The first kappa shape index (κ1) is 26.0. The number of halogens is 4. The summed E-state index contributed by atoms with van der Waals surface area (Å²) in [6, 6.07) is 26.7. The summed E-state index contributed by atoms with van der Waals surface area (Å²) in [5.41, 5.74) is 4.85. The van der Waals surface area contributed by atoms with Gasteiger partial charge in [0.2, 0.25) is 0 Å². The molecule has 0 radical (unpaired) electrons. The smallest absolute Gasteiger partial charge is 0.360 e. The van der Waals surface area contributed by atoms with Crippen LogP contribution < -0.4 is 0 Å². The van der Waals surface area contributed by atoms with Gasteiger partial charge < -0.3 is 9.13 Å². The number of benzene rings is 2. The van der Waals surface area contributed by atoms with Crippen molar-refractivity contribution in [3.05, 3.63) is 145 Å². The van der Waals surface area contributed by atoms with E-state index in [-0.39, 0.29) is 17.1 Å². The fraction of sp³-hybridized carbons (Fsp3) is 0. The minimum atomic E-state index is -0.570. The molecule has 0 bridgehead atoms. The van der Waals surface area contributed by atoms with Crippen LogP contribution >= 0.6 is 0 Å². The molecule has 2 aromatic heterocycles. The standard InChI is InChI=1S/2C15H10F2N.Fe/c2*16-13-5-6-15(14(17)9-13)18-8-7-12(10-18)11-3-1-2-4-11;/h2*1-10H;/q2*-1;+2. The molecule has 7 heteroatoms. The van der Waals surface area contributed by atoms with Crippen LogP contribution in [0.2, 0.25) is 0 Å². The first-order valence-electron chi connectivity index (χ1n) is 11.2. The molecule has 186 valence electrons. The fourth-order valence-electron chi connectivity index (χ4n) is 3.95. The summed E-state index contributed by atoms with van der Waals surface area (Å²) in [4.78, 5) is 0. The third-order valence-electron chi connectivity index (χ3n) is 5.75. The van der Waals surface area contributed by atoms with Gasteiger partial charge in [-0.15, -0.1) is 36.4 Å². The molecule has 0 aliphatic rings. The van der Waals surface area contributed by atoms with E-state index in [1.165, 1.54) is 24.3 Å². The second-order valence-electron chi connectivity index (χ2n) is 8.15. The maximum absolute atomic E-state index is 13.6. The van der Waals surface area contributed by atoms with Crippen LogP contribution in [0.3, 0.4) is 0 Å². The Balaban J connectivity index is 0.000000168. The molecule has 0 amide bonds. The molecule has 2 nitrogen and oxygen atoms in total. The van der Waals surface area contributed by atoms with Crippen molar-refractivity contribution in [2.45, 2.75) is 0 Å². The zero-order valence-electron chi connectivity index (χ0n) is 19.3. The zero-order chi connectivity index (χ0) is 25.1. The van der Waals surface area contributed by atoms with Crippen LogP contribution in [0.1, 0.15) is 0 Å².